The van der Waals surface area contributed by atoms with E-state index in [2.05, 4.69) is 173 Å². The summed E-state index contributed by atoms with van der Waals surface area (Å²) in [6, 6.07) is 60.0. The second-order valence-corrected chi connectivity index (χ2v) is 11.4. The van der Waals surface area contributed by atoms with Gasteiger partial charge in [0, 0.05) is 44.5 Å². The van der Waals surface area contributed by atoms with E-state index in [1.807, 2.05) is 6.07 Å². The Morgan fingerprint density at radius 3 is 1.71 bits per heavy atom. The van der Waals surface area contributed by atoms with E-state index in [0.717, 1.165) is 66.7 Å². The van der Waals surface area contributed by atoms with Gasteiger partial charge in [-0.25, -0.2) is 0 Å². The van der Waals surface area contributed by atoms with Crippen molar-refractivity contribution < 1.29 is 4.42 Å². The molecule has 0 saturated heterocycles. The molecule has 0 fully saturated rings. The standard InChI is InChI=1S/C42H28N2O/c1-4-14-30(15-5-1)43(31-16-6-2-7-17-31)33-26-24-29(25-27-33)36-28-37-34-20-11-13-23-39(34)45-42(37)40-35-21-10-12-22-38(35)44(41(36)40)32-18-8-3-9-19-32/h1-28H. The van der Waals surface area contributed by atoms with Crippen molar-refractivity contribution in [2.45, 2.75) is 0 Å². The van der Waals surface area contributed by atoms with E-state index < -0.39 is 0 Å². The van der Waals surface area contributed by atoms with Gasteiger partial charge in [-0.15, -0.1) is 0 Å². The number of benzene rings is 7. The van der Waals surface area contributed by atoms with Crippen LogP contribution in [-0.4, -0.2) is 4.57 Å². The molecule has 0 bridgehead atoms. The molecule has 0 aliphatic heterocycles. The lowest BCUT2D eigenvalue weighted by atomic mass is 9.98. The predicted molar refractivity (Wildman–Crippen MR) is 188 cm³/mol. The van der Waals surface area contributed by atoms with Crippen molar-refractivity contribution in [1.82, 2.24) is 4.57 Å². The van der Waals surface area contributed by atoms with E-state index in [0.29, 0.717) is 0 Å². The number of rotatable bonds is 5. The predicted octanol–water partition coefficient (Wildman–Crippen LogP) is 11.8. The lowest BCUT2D eigenvalue weighted by Crippen LogP contribution is -2.09. The van der Waals surface area contributed by atoms with E-state index in [9.17, 15) is 0 Å². The molecule has 2 aromatic heterocycles. The zero-order valence-corrected chi connectivity index (χ0v) is 24.5. The van der Waals surface area contributed by atoms with Gasteiger partial charge in [0.2, 0.25) is 0 Å². The first-order valence-electron chi connectivity index (χ1n) is 15.3. The molecule has 212 valence electrons. The molecule has 7 aromatic carbocycles. The first-order valence-corrected chi connectivity index (χ1v) is 15.3. The zero-order valence-electron chi connectivity index (χ0n) is 24.5. The van der Waals surface area contributed by atoms with Gasteiger partial charge in [-0.1, -0.05) is 103 Å². The van der Waals surface area contributed by atoms with Crippen LogP contribution in [0.2, 0.25) is 0 Å². The molecule has 0 radical (unpaired) electrons. The molecule has 9 aromatic rings. The van der Waals surface area contributed by atoms with Crippen molar-refractivity contribution in [3.63, 3.8) is 0 Å². The summed E-state index contributed by atoms with van der Waals surface area (Å²) in [6.07, 6.45) is 0. The molecule has 0 saturated carbocycles. The molecule has 0 atom stereocenters. The minimum Gasteiger partial charge on any atom is -0.455 e. The Morgan fingerprint density at radius 1 is 0.467 bits per heavy atom. The second kappa shape index (κ2) is 10.3. The molecule has 45 heavy (non-hydrogen) atoms. The van der Waals surface area contributed by atoms with Crippen molar-refractivity contribution in [3.05, 3.63) is 170 Å². The average Bonchev–Trinajstić information content (AvgIpc) is 3.66. The summed E-state index contributed by atoms with van der Waals surface area (Å²) in [5, 5.41) is 4.57. The fourth-order valence-electron chi connectivity index (χ4n) is 6.79. The van der Waals surface area contributed by atoms with Crippen LogP contribution in [0.15, 0.2) is 174 Å². The van der Waals surface area contributed by atoms with E-state index in [-0.39, 0.29) is 0 Å². The number of fused-ring (bicyclic) bond motifs is 7. The van der Waals surface area contributed by atoms with Gasteiger partial charge in [0.25, 0.3) is 0 Å². The molecule has 0 N–H and O–H groups in total. The molecule has 2 heterocycles. The van der Waals surface area contributed by atoms with Gasteiger partial charge in [0.1, 0.15) is 11.2 Å². The number of anilines is 3. The largest absolute Gasteiger partial charge is 0.455 e. The highest BCUT2D eigenvalue weighted by molar-refractivity contribution is 6.27. The first kappa shape index (κ1) is 25.4. The van der Waals surface area contributed by atoms with Crippen molar-refractivity contribution in [2.75, 3.05) is 4.90 Å². The molecule has 0 spiro atoms. The van der Waals surface area contributed by atoms with Crippen LogP contribution in [0.1, 0.15) is 0 Å². The van der Waals surface area contributed by atoms with Gasteiger partial charge in [0.15, 0.2) is 0 Å². The fourth-order valence-corrected chi connectivity index (χ4v) is 6.79. The van der Waals surface area contributed by atoms with Gasteiger partial charge in [0.05, 0.1) is 16.4 Å². The summed E-state index contributed by atoms with van der Waals surface area (Å²) in [7, 11) is 0. The number of aromatic nitrogens is 1. The minimum atomic E-state index is 0.902. The maximum Gasteiger partial charge on any atom is 0.145 e. The maximum absolute atomic E-state index is 6.64. The third-order valence-corrected chi connectivity index (χ3v) is 8.76. The van der Waals surface area contributed by atoms with Crippen LogP contribution in [0.3, 0.4) is 0 Å². The molecule has 0 aliphatic rings. The first-order chi connectivity index (χ1) is 22.3. The number of hydrogen-bond acceptors (Lipinski definition) is 2. The average molecular weight is 577 g/mol. The Balaban J connectivity index is 1.34. The van der Waals surface area contributed by atoms with Crippen LogP contribution in [0, 0.1) is 0 Å². The molecule has 0 aliphatic carbocycles. The highest BCUT2D eigenvalue weighted by Crippen LogP contribution is 2.45. The topological polar surface area (TPSA) is 21.3 Å². The maximum atomic E-state index is 6.64. The van der Waals surface area contributed by atoms with Crippen LogP contribution in [-0.2, 0) is 0 Å². The van der Waals surface area contributed by atoms with Crippen molar-refractivity contribution >= 4 is 60.8 Å². The van der Waals surface area contributed by atoms with Gasteiger partial charge >= 0.3 is 0 Å². The third kappa shape index (κ3) is 4.05. The fraction of sp³-hybridized carbons (Fsp3) is 0. The monoisotopic (exact) mass is 576 g/mol. The van der Waals surface area contributed by atoms with Gasteiger partial charge in [-0.2, -0.15) is 0 Å². The lowest BCUT2D eigenvalue weighted by Gasteiger charge is -2.25. The Morgan fingerprint density at radius 2 is 1.02 bits per heavy atom. The van der Waals surface area contributed by atoms with E-state index in [4.69, 9.17) is 4.42 Å². The second-order valence-electron chi connectivity index (χ2n) is 11.4. The minimum absolute atomic E-state index is 0.902. The Hall–Kier alpha value is -6.06. The van der Waals surface area contributed by atoms with E-state index in [1.54, 1.807) is 0 Å². The Kier molecular flexibility index (Phi) is 5.82. The Bertz CT molecular complexity index is 2420. The molecular weight excluding hydrogens is 548 g/mol. The highest BCUT2D eigenvalue weighted by Gasteiger charge is 2.23. The molecule has 3 heteroatoms. The SMILES string of the molecule is c1ccc(N(c2ccccc2)c2ccc(-c3cc4c5ccccc5oc4c4c5ccccc5n(-c5ccccc5)c34)cc2)cc1. The normalized spacial score (nSPS) is 11.6. The molecule has 9 rings (SSSR count). The number of para-hydroxylation sites is 5. The van der Waals surface area contributed by atoms with Crippen molar-refractivity contribution in [1.29, 1.82) is 0 Å². The van der Waals surface area contributed by atoms with Crippen molar-refractivity contribution in [3.8, 4) is 16.8 Å². The summed E-state index contributed by atoms with van der Waals surface area (Å²) >= 11 is 0. The molecule has 0 unspecified atom stereocenters. The van der Waals surface area contributed by atoms with Crippen LogP contribution in [0.25, 0.3) is 60.6 Å². The van der Waals surface area contributed by atoms with E-state index in [1.165, 1.54) is 10.9 Å². The zero-order chi connectivity index (χ0) is 29.7. The summed E-state index contributed by atoms with van der Waals surface area (Å²) in [4.78, 5) is 2.30. The van der Waals surface area contributed by atoms with Crippen LogP contribution >= 0.6 is 0 Å². The quantitative estimate of drug-likeness (QED) is 0.203. The van der Waals surface area contributed by atoms with Crippen LogP contribution in [0.4, 0.5) is 17.1 Å². The molecular formula is C42H28N2O. The smallest absolute Gasteiger partial charge is 0.145 e. The summed E-state index contributed by atoms with van der Waals surface area (Å²) in [5.41, 5.74) is 10.9. The summed E-state index contributed by atoms with van der Waals surface area (Å²) in [5.74, 6) is 0. The number of hydrogen-bond donors (Lipinski definition) is 0. The van der Waals surface area contributed by atoms with E-state index >= 15 is 0 Å². The number of nitrogens with zero attached hydrogens (tertiary/aromatic N) is 2. The molecule has 3 nitrogen and oxygen atoms in total. The molecule has 0 amide bonds. The lowest BCUT2D eigenvalue weighted by molar-refractivity contribution is 0.673. The highest BCUT2D eigenvalue weighted by atomic mass is 16.3. The summed E-state index contributed by atoms with van der Waals surface area (Å²) in [6.45, 7) is 0. The summed E-state index contributed by atoms with van der Waals surface area (Å²) < 4.78 is 9.03. The van der Waals surface area contributed by atoms with Crippen LogP contribution in [0.5, 0.6) is 0 Å². The van der Waals surface area contributed by atoms with Crippen molar-refractivity contribution in [2.24, 2.45) is 0 Å². The third-order valence-electron chi connectivity index (χ3n) is 8.76. The number of furan rings is 1. The van der Waals surface area contributed by atoms with Gasteiger partial charge in [-0.05, 0) is 72.3 Å². The van der Waals surface area contributed by atoms with Gasteiger partial charge in [-0.3, -0.25) is 0 Å². The Labute approximate surface area is 260 Å². The van der Waals surface area contributed by atoms with Crippen LogP contribution < -0.4 is 4.90 Å². The van der Waals surface area contributed by atoms with Gasteiger partial charge < -0.3 is 13.9 Å².